The molecular formula is C95H96FN15O2. The summed E-state index contributed by atoms with van der Waals surface area (Å²) in [5.74, 6) is 3.01. The van der Waals surface area contributed by atoms with E-state index in [0.29, 0.717) is 12.6 Å². The number of rotatable bonds is 6. The van der Waals surface area contributed by atoms with Crippen LogP contribution >= 0.6 is 0 Å². The molecule has 17 nitrogen and oxygen atoms in total. The van der Waals surface area contributed by atoms with Crippen molar-refractivity contribution in [3.05, 3.63) is 287 Å². The molecule has 4 aromatic heterocycles. The number of halogens is 1. The molecule has 0 amide bonds. The van der Waals surface area contributed by atoms with Gasteiger partial charge >= 0.3 is 0 Å². The maximum atomic E-state index is 13.4. The number of guanidine groups is 1. The van der Waals surface area contributed by atoms with Gasteiger partial charge in [0.1, 0.15) is 36.9 Å². The van der Waals surface area contributed by atoms with Gasteiger partial charge in [0.05, 0.1) is 28.8 Å². The monoisotopic (exact) mass is 1500 g/mol. The Balaban J connectivity index is 0.000000103. The Hall–Kier alpha value is -11.9. The van der Waals surface area contributed by atoms with E-state index in [1.165, 1.54) is 112 Å². The third-order valence-corrected chi connectivity index (χ3v) is 24.6. The van der Waals surface area contributed by atoms with Crippen LogP contribution in [-0.4, -0.2) is 156 Å². The maximum Gasteiger partial charge on any atom is 0.213 e. The number of nitrogens with two attached hydrogens (primary N) is 1. The fourth-order valence-corrected chi connectivity index (χ4v) is 19.2. The van der Waals surface area contributed by atoms with Crippen molar-refractivity contribution in [1.82, 2.24) is 44.6 Å². The molecule has 21 rings (SSSR count). The third kappa shape index (κ3) is 15.5. The average Bonchev–Trinajstić information content (AvgIpc) is 1.70. The molecule has 570 valence electrons. The van der Waals surface area contributed by atoms with E-state index in [0.717, 1.165) is 156 Å². The molecule has 0 saturated heterocycles. The molecule has 5 aliphatic carbocycles. The largest absolute Gasteiger partial charge is 0.479 e. The number of ether oxygens (including phenoxy) is 2. The Bertz CT molecular complexity index is 5510. The summed E-state index contributed by atoms with van der Waals surface area (Å²) in [7, 11) is 6.25. The Labute approximate surface area is 662 Å². The van der Waals surface area contributed by atoms with Crippen LogP contribution in [0, 0.1) is 5.95 Å². The van der Waals surface area contributed by atoms with E-state index in [2.05, 4.69) is 211 Å². The van der Waals surface area contributed by atoms with Crippen molar-refractivity contribution in [1.29, 1.82) is 0 Å². The van der Waals surface area contributed by atoms with Crippen LogP contribution in [0.1, 0.15) is 102 Å². The number of likely N-dealkylation sites (N-methyl/N-ethyl adjacent to an activating group) is 3. The normalized spacial score (nSPS) is 22.8. The van der Waals surface area contributed by atoms with Crippen LogP contribution in [0.2, 0.25) is 0 Å². The van der Waals surface area contributed by atoms with Crippen LogP contribution < -0.4 is 5.73 Å². The van der Waals surface area contributed by atoms with Crippen LogP contribution in [0.25, 0.3) is 66.8 Å². The number of hydrogen-bond acceptors (Lipinski definition) is 17. The summed E-state index contributed by atoms with van der Waals surface area (Å²) in [6.45, 7) is 10.3. The third-order valence-electron chi connectivity index (χ3n) is 24.6. The summed E-state index contributed by atoms with van der Waals surface area (Å²) in [5, 5.41) is 0. The lowest BCUT2D eigenvalue weighted by atomic mass is 9.76. The molecule has 7 aromatic carbocycles. The Morgan fingerprint density at radius 1 is 0.372 bits per heavy atom. The molecule has 18 heteroatoms. The van der Waals surface area contributed by atoms with Gasteiger partial charge in [0, 0.05) is 153 Å². The van der Waals surface area contributed by atoms with Crippen molar-refractivity contribution in [2.75, 3.05) is 54.0 Å². The molecule has 113 heavy (non-hydrogen) atoms. The summed E-state index contributed by atoms with van der Waals surface area (Å²) in [6.07, 6.45) is 32.3. The predicted octanol–water partition coefficient (Wildman–Crippen LogP) is 16.2. The fraction of sp³-hybridized carbons (Fsp3) is 0.316. The van der Waals surface area contributed by atoms with E-state index in [1.807, 2.05) is 82.6 Å². The van der Waals surface area contributed by atoms with Gasteiger partial charge in [0.25, 0.3) is 0 Å². The maximum absolute atomic E-state index is 13.4. The first-order chi connectivity index (χ1) is 55.0. The molecule has 2 unspecified atom stereocenters. The van der Waals surface area contributed by atoms with Crippen molar-refractivity contribution in [3.63, 3.8) is 0 Å². The second-order valence-electron chi connectivity index (χ2n) is 32.5. The van der Waals surface area contributed by atoms with Gasteiger partial charge in [-0.15, -0.1) is 0 Å². The molecule has 5 spiro atoms. The second kappa shape index (κ2) is 31.0. The lowest BCUT2D eigenvalue weighted by Crippen LogP contribution is -2.39. The first-order valence-corrected chi connectivity index (χ1v) is 39.7. The molecule has 0 radical (unpaired) electrons. The fourth-order valence-electron chi connectivity index (χ4n) is 19.2. The van der Waals surface area contributed by atoms with Crippen molar-refractivity contribution in [3.8, 4) is 66.8 Å². The minimum absolute atomic E-state index is 0.0284. The highest BCUT2D eigenvalue weighted by molar-refractivity contribution is 5.84. The zero-order valence-corrected chi connectivity index (χ0v) is 65.4. The lowest BCUT2D eigenvalue weighted by Gasteiger charge is -2.33. The number of aliphatic imine (C=N–C) groups is 5. The molecule has 0 bridgehead atoms. The molecular weight excluding hydrogens is 1400 g/mol. The number of aromatic nitrogens is 6. The van der Waals surface area contributed by atoms with E-state index in [1.54, 1.807) is 12.7 Å². The van der Waals surface area contributed by atoms with Crippen LogP contribution in [0.15, 0.2) is 251 Å². The standard InChI is InChI=1S/C25H23NO.C18H17FN2O.C18H20N4.2C17H18N4/c1-18-26-25(17-27-18)15-14-24-22(16-25)8-5-9-23(24)21-12-10-20(11-13-21)19-6-3-2-4-7-19;1-12-21-18(11-22-12)7-5-16-14(10-18)3-2-4-15(16)13-6-8-20-17(19)9-13;1-22-12-18(21-17(22)19)8-7-16-13(10-18)4-2-6-15(16)14-5-3-9-20-11-14;1-12-20-17(10-21(12)2)6-13-4-3-5-15(16(13)7-17)14-8-18-11-19-9-14;1-21-10-17(20-12-21)6-5-13-3-2-4-15(16(13)7-17)14-8-18-11-19-9-14/h2-13H,14-17H2,1H3;2-4,6,8-9H,5,7,10-11H2,1H3;2-6,9,11H,7-8,10,12H2,1H3,(H2,19,21);3-5,8-9,11H,6-7,10H2,1-2H3;2-4,8-9,11-12H,5-7,10H2,1H3/t25-;2*18-;;/m000../s1. The van der Waals surface area contributed by atoms with Crippen LogP contribution in [0.3, 0.4) is 0 Å². The Kier molecular flexibility index (Phi) is 20.2. The van der Waals surface area contributed by atoms with Gasteiger partial charge in [-0.1, -0.05) is 152 Å². The highest BCUT2D eigenvalue weighted by Gasteiger charge is 2.45. The molecule has 2 N–H and O–H groups in total. The van der Waals surface area contributed by atoms with Crippen molar-refractivity contribution in [2.45, 2.75) is 138 Å². The summed E-state index contributed by atoms with van der Waals surface area (Å²) in [4.78, 5) is 55.1. The number of aryl methyl sites for hydroxylation is 1. The predicted molar refractivity (Wildman–Crippen MR) is 450 cm³/mol. The van der Waals surface area contributed by atoms with Crippen molar-refractivity contribution < 1.29 is 13.9 Å². The SMILES string of the molecule is CC1=NC2(Cc3cccc(-c4cncnc4)c3C2)CN1C.CC1=N[C@]2(CCc3c(cccc3-c3ccc(-c4ccccc4)cc3)C2)CO1.CC1=N[C@]2(CCc3c(cccc3-c3ccnc(F)c3)C2)CO1.CN1C=NC2(CCc3cccc(-c4cncnc4)c3C2)C1.CN1C[C@@]2(CCc3c(cccc3-c3cccnc3)C2)N=C1N. The first-order valence-electron chi connectivity index (χ1n) is 39.7. The Morgan fingerprint density at radius 3 is 1.34 bits per heavy atom. The minimum Gasteiger partial charge on any atom is -0.479 e. The van der Waals surface area contributed by atoms with Gasteiger partial charge in [-0.2, -0.15) is 4.39 Å². The minimum atomic E-state index is -0.438. The van der Waals surface area contributed by atoms with Crippen LogP contribution in [0.5, 0.6) is 0 Å². The van der Waals surface area contributed by atoms with Crippen molar-refractivity contribution in [2.24, 2.45) is 30.7 Å². The number of hydrogen-bond donors (Lipinski definition) is 1. The van der Waals surface area contributed by atoms with Gasteiger partial charge in [0.15, 0.2) is 17.8 Å². The van der Waals surface area contributed by atoms with Crippen LogP contribution in [0.4, 0.5) is 4.39 Å². The highest BCUT2D eigenvalue weighted by atomic mass is 19.1. The molecule has 0 fully saturated rings. The number of amidine groups is 1. The average molecular weight is 1500 g/mol. The van der Waals surface area contributed by atoms with E-state index in [-0.39, 0.29) is 27.7 Å². The highest BCUT2D eigenvalue weighted by Crippen LogP contribution is 2.46. The van der Waals surface area contributed by atoms with Crippen molar-refractivity contribution >= 4 is 29.9 Å². The van der Waals surface area contributed by atoms with E-state index >= 15 is 0 Å². The summed E-state index contributed by atoms with van der Waals surface area (Å²) in [6, 6.07) is 59.7. The van der Waals surface area contributed by atoms with E-state index in [4.69, 9.17) is 40.2 Å². The van der Waals surface area contributed by atoms with E-state index in [9.17, 15) is 4.39 Å². The zero-order chi connectivity index (χ0) is 77.3. The van der Waals surface area contributed by atoms with Crippen LogP contribution in [-0.2, 0) is 73.7 Å². The van der Waals surface area contributed by atoms with Gasteiger partial charge in [0.2, 0.25) is 5.95 Å². The lowest BCUT2D eigenvalue weighted by molar-refractivity contribution is 0.236. The quantitative estimate of drug-likeness (QED) is 0.155. The molecule has 0 saturated carbocycles. The molecule has 5 atom stereocenters. The second-order valence-corrected chi connectivity index (χ2v) is 32.5. The number of pyridine rings is 2. The first kappa shape index (κ1) is 73.9. The number of benzene rings is 7. The van der Waals surface area contributed by atoms with E-state index < -0.39 is 5.95 Å². The summed E-state index contributed by atoms with van der Waals surface area (Å²) < 4.78 is 24.7. The summed E-state index contributed by atoms with van der Waals surface area (Å²) >= 11 is 0. The number of nitrogens with zero attached hydrogens (tertiary/aromatic N) is 14. The molecule has 9 heterocycles. The molecule has 11 aromatic rings. The van der Waals surface area contributed by atoms with Gasteiger partial charge < -0.3 is 29.9 Å². The number of fused-ring (bicyclic) bond motifs is 5. The smallest absolute Gasteiger partial charge is 0.213 e. The summed E-state index contributed by atoms with van der Waals surface area (Å²) in [5.41, 5.74) is 34.4. The molecule has 10 aliphatic rings. The van der Waals surface area contributed by atoms with Gasteiger partial charge in [-0.05, 0) is 183 Å². The van der Waals surface area contributed by atoms with Gasteiger partial charge in [-0.25, -0.2) is 39.9 Å². The zero-order valence-electron chi connectivity index (χ0n) is 65.4. The Morgan fingerprint density at radius 2 is 0.832 bits per heavy atom. The van der Waals surface area contributed by atoms with Gasteiger partial charge in [-0.3, -0.25) is 15.0 Å². The molecule has 5 aliphatic heterocycles. The topological polar surface area (TPSA) is 193 Å².